The molecule has 0 heteroatoms. The van der Waals surface area contributed by atoms with Gasteiger partial charge in [-0.2, -0.15) is 0 Å². The summed E-state index contributed by atoms with van der Waals surface area (Å²) in [4.78, 5) is 0. The van der Waals surface area contributed by atoms with Crippen LogP contribution in [0, 0.1) is 30.6 Å². The van der Waals surface area contributed by atoms with Crippen LogP contribution in [0.2, 0.25) is 0 Å². The molecule has 1 aromatic rings. The molecule has 64 valence electrons. The van der Waals surface area contributed by atoms with Crippen molar-refractivity contribution in [3.63, 3.8) is 0 Å². The molecule has 0 unspecified atom stereocenters. The third-order valence-corrected chi connectivity index (χ3v) is 1.76. The minimum atomic E-state index is 1.06. The van der Waals surface area contributed by atoms with Crippen molar-refractivity contribution in [2.45, 2.75) is 20.8 Å². The molecular formula is C13H12. The predicted octanol–water partition coefficient (Wildman–Crippen LogP) is 2.74. The number of aryl methyl sites for hydroxylation is 1. The highest BCUT2D eigenvalue weighted by molar-refractivity contribution is 5.46. The van der Waals surface area contributed by atoms with Crippen molar-refractivity contribution in [3.05, 3.63) is 34.9 Å². The lowest BCUT2D eigenvalue weighted by Gasteiger charge is -1.97. The standard InChI is InChI=1S/C13H12/c1-4-6-12-8-9-13(7-5-2)11(3)10-12/h8-10H,1-3H3. The van der Waals surface area contributed by atoms with Gasteiger partial charge in [0, 0.05) is 11.1 Å². The smallest absolute Gasteiger partial charge is 0.0275 e. The first-order valence-electron chi connectivity index (χ1n) is 4.24. The normalized spacial score (nSPS) is 7.92. The molecule has 0 fully saturated rings. The van der Waals surface area contributed by atoms with Crippen LogP contribution in [0.25, 0.3) is 0 Å². The van der Waals surface area contributed by atoms with Gasteiger partial charge in [-0.15, -0.1) is 11.8 Å². The number of rotatable bonds is 0. The second kappa shape index (κ2) is 4.39. The van der Waals surface area contributed by atoms with Gasteiger partial charge in [-0.3, -0.25) is 0 Å². The molecule has 0 saturated carbocycles. The first kappa shape index (κ1) is 9.43. The number of hydrogen-bond donors (Lipinski definition) is 0. The van der Waals surface area contributed by atoms with Crippen molar-refractivity contribution >= 4 is 0 Å². The Labute approximate surface area is 80.0 Å². The van der Waals surface area contributed by atoms with E-state index >= 15 is 0 Å². The van der Waals surface area contributed by atoms with Gasteiger partial charge in [0.2, 0.25) is 0 Å². The highest BCUT2D eigenvalue weighted by Gasteiger charge is 1.94. The zero-order valence-electron chi connectivity index (χ0n) is 8.23. The molecule has 1 rings (SSSR count). The van der Waals surface area contributed by atoms with Gasteiger partial charge < -0.3 is 0 Å². The molecule has 0 nitrogen and oxygen atoms in total. The van der Waals surface area contributed by atoms with Crippen LogP contribution < -0.4 is 0 Å². The molecular weight excluding hydrogens is 156 g/mol. The Balaban J connectivity index is 3.15. The molecule has 1 aromatic carbocycles. The SMILES string of the molecule is CC#Cc1ccc(C#CC)c(C)c1. The summed E-state index contributed by atoms with van der Waals surface area (Å²) < 4.78 is 0. The highest BCUT2D eigenvalue weighted by atomic mass is 14.0. The fourth-order valence-corrected chi connectivity index (χ4v) is 1.16. The van der Waals surface area contributed by atoms with Crippen molar-refractivity contribution in [1.82, 2.24) is 0 Å². The van der Waals surface area contributed by atoms with Crippen LogP contribution in [-0.2, 0) is 0 Å². The van der Waals surface area contributed by atoms with Crippen LogP contribution >= 0.6 is 0 Å². The highest BCUT2D eigenvalue weighted by Crippen LogP contribution is 2.08. The first-order chi connectivity index (χ1) is 6.27. The van der Waals surface area contributed by atoms with Gasteiger partial charge in [-0.1, -0.05) is 11.8 Å². The fourth-order valence-electron chi connectivity index (χ4n) is 1.16. The second-order valence-electron chi connectivity index (χ2n) is 2.78. The molecule has 0 bridgehead atoms. The zero-order chi connectivity index (χ0) is 9.68. The molecule has 0 heterocycles. The number of benzene rings is 1. The Bertz CT molecular complexity index is 417. The van der Waals surface area contributed by atoms with Gasteiger partial charge in [-0.25, -0.2) is 0 Å². The van der Waals surface area contributed by atoms with E-state index in [9.17, 15) is 0 Å². The van der Waals surface area contributed by atoms with E-state index in [1.807, 2.05) is 26.0 Å². The minimum absolute atomic E-state index is 1.06. The van der Waals surface area contributed by atoms with E-state index in [0.717, 1.165) is 11.1 Å². The van der Waals surface area contributed by atoms with E-state index in [0.29, 0.717) is 0 Å². The molecule has 0 aromatic heterocycles. The van der Waals surface area contributed by atoms with Crippen LogP contribution in [-0.4, -0.2) is 0 Å². The summed E-state index contributed by atoms with van der Waals surface area (Å²) in [6.07, 6.45) is 0. The average molecular weight is 168 g/mol. The zero-order valence-corrected chi connectivity index (χ0v) is 8.23. The van der Waals surface area contributed by atoms with E-state index in [2.05, 4.69) is 36.7 Å². The lowest BCUT2D eigenvalue weighted by Crippen LogP contribution is -1.83. The fraction of sp³-hybridized carbons (Fsp3) is 0.231. The van der Waals surface area contributed by atoms with Crippen molar-refractivity contribution in [1.29, 1.82) is 0 Å². The van der Waals surface area contributed by atoms with E-state index in [4.69, 9.17) is 0 Å². The lowest BCUT2D eigenvalue weighted by atomic mass is 10.1. The summed E-state index contributed by atoms with van der Waals surface area (Å²) in [6.45, 7) is 5.74. The third-order valence-electron chi connectivity index (χ3n) is 1.76. The van der Waals surface area contributed by atoms with E-state index < -0.39 is 0 Å². The summed E-state index contributed by atoms with van der Waals surface area (Å²) >= 11 is 0. The summed E-state index contributed by atoms with van der Waals surface area (Å²) in [7, 11) is 0. The number of hydrogen-bond acceptors (Lipinski definition) is 0. The Hall–Kier alpha value is -1.66. The van der Waals surface area contributed by atoms with Crippen LogP contribution in [0.15, 0.2) is 18.2 Å². The largest absolute Gasteiger partial charge is 0.101 e. The molecule has 0 atom stereocenters. The molecule has 0 aliphatic carbocycles. The maximum absolute atomic E-state index is 3.05. The van der Waals surface area contributed by atoms with Gasteiger partial charge in [0.1, 0.15) is 0 Å². The van der Waals surface area contributed by atoms with Crippen LogP contribution in [0.5, 0.6) is 0 Å². The van der Waals surface area contributed by atoms with Crippen molar-refractivity contribution in [2.24, 2.45) is 0 Å². The second-order valence-corrected chi connectivity index (χ2v) is 2.78. The van der Waals surface area contributed by atoms with E-state index in [1.165, 1.54) is 5.56 Å². The first-order valence-corrected chi connectivity index (χ1v) is 4.24. The molecule has 13 heavy (non-hydrogen) atoms. The molecule has 0 radical (unpaired) electrons. The Morgan fingerprint density at radius 3 is 2.23 bits per heavy atom. The van der Waals surface area contributed by atoms with Gasteiger partial charge in [0.05, 0.1) is 0 Å². The van der Waals surface area contributed by atoms with Gasteiger partial charge >= 0.3 is 0 Å². The maximum Gasteiger partial charge on any atom is 0.0275 e. The molecule has 0 saturated heterocycles. The van der Waals surface area contributed by atoms with E-state index in [1.54, 1.807) is 0 Å². The predicted molar refractivity (Wildman–Crippen MR) is 56.3 cm³/mol. The third kappa shape index (κ3) is 2.39. The molecule has 0 amide bonds. The monoisotopic (exact) mass is 168 g/mol. The van der Waals surface area contributed by atoms with Gasteiger partial charge in [0.15, 0.2) is 0 Å². The average Bonchev–Trinajstić information content (AvgIpc) is 2.10. The molecule has 0 aliphatic rings. The van der Waals surface area contributed by atoms with Crippen molar-refractivity contribution < 1.29 is 0 Å². The maximum atomic E-state index is 3.05. The topological polar surface area (TPSA) is 0 Å². The molecule has 0 aliphatic heterocycles. The van der Waals surface area contributed by atoms with Crippen LogP contribution in [0.1, 0.15) is 30.5 Å². The Kier molecular flexibility index (Phi) is 3.18. The lowest BCUT2D eigenvalue weighted by molar-refractivity contribution is 1.42. The molecule has 0 N–H and O–H groups in total. The summed E-state index contributed by atoms with van der Waals surface area (Å²) in [5, 5.41) is 0. The van der Waals surface area contributed by atoms with Crippen LogP contribution in [0.4, 0.5) is 0 Å². The van der Waals surface area contributed by atoms with Gasteiger partial charge in [-0.05, 0) is 44.5 Å². The van der Waals surface area contributed by atoms with Gasteiger partial charge in [0.25, 0.3) is 0 Å². The van der Waals surface area contributed by atoms with E-state index in [-0.39, 0.29) is 0 Å². The van der Waals surface area contributed by atoms with Crippen molar-refractivity contribution in [2.75, 3.05) is 0 Å². The Morgan fingerprint density at radius 1 is 1.00 bits per heavy atom. The summed E-state index contributed by atoms with van der Waals surface area (Å²) in [6, 6.07) is 6.09. The van der Waals surface area contributed by atoms with Crippen LogP contribution in [0.3, 0.4) is 0 Å². The Morgan fingerprint density at radius 2 is 1.69 bits per heavy atom. The molecule has 0 spiro atoms. The quantitative estimate of drug-likeness (QED) is 0.522. The van der Waals surface area contributed by atoms with Crippen molar-refractivity contribution in [3.8, 4) is 23.7 Å². The summed E-state index contributed by atoms with van der Waals surface area (Å²) in [5.74, 6) is 11.8. The summed E-state index contributed by atoms with van der Waals surface area (Å²) in [5.41, 5.74) is 3.33. The minimum Gasteiger partial charge on any atom is -0.101 e.